The van der Waals surface area contributed by atoms with Crippen LogP contribution in [0, 0.1) is 0 Å². The summed E-state index contributed by atoms with van der Waals surface area (Å²) < 4.78 is 37.4. The molecular weight excluding hydrogens is 380 g/mol. The first-order valence-electron chi connectivity index (χ1n) is 9.78. The number of morpholine rings is 1. The topological polar surface area (TPSA) is 76.2 Å². The first-order chi connectivity index (χ1) is 13.5. The number of carbonyl (C=O) groups is 1. The minimum absolute atomic E-state index is 0.0631. The van der Waals surface area contributed by atoms with E-state index in [-0.39, 0.29) is 17.0 Å². The Morgan fingerprint density at radius 3 is 2.61 bits per heavy atom. The lowest BCUT2D eigenvalue weighted by Crippen LogP contribution is -2.40. The van der Waals surface area contributed by atoms with Crippen LogP contribution in [-0.4, -0.2) is 75.6 Å². The van der Waals surface area contributed by atoms with Gasteiger partial charge in [-0.05, 0) is 49.7 Å². The molecule has 2 aliphatic heterocycles. The fraction of sp³-hybridized carbons (Fsp3) is 0.550. The molecule has 7 nitrogen and oxygen atoms in total. The minimum atomic E-state index is -3.50. The predicted molar refractivity (Wildman–Crippen MR) is 106 cm³/mol. The monoisotopic (exact) mass is 408 g/mol. The van der Waals surface area contributed by atoms with Gasteiger partial charge in [0, 0.05) is 25.7 Å². The fourth-order valence-corrected chi connectivity index (χ4v) is 4.86. The number of hydrogen-bond donors (Lipinski definition) is 0. The van der Waals surface area contributed by atoms with Crippen molar-refractivity contribution in [3.63, 3.8) is 0 Å². The van der Waals surface area contributed by atoms with Gasteiger partial charge in [-0.25, -0.2) is 13.2 Å². The molecule has 2 aliphatic rings. The standard InChI is InChI=1S/C20H28N2O5S/c1-2-21-11-3-4-18(16-21)27-20(23)10-7-17-5-8-19(9-6-17)28(24,25)22-12-14-26-15-13-22/h5-10,18H,2-4,11-16H2,1H3/b10-7+. The lowest BCUT2D eigenvalue weighted by Gasteiger charge is -2.31. The summed E-state index contributed by atoms with van der Waals surface area (Å²) in [6, 6.07) is 6.51. The molecule has 154 valence electrons. The van der Waals surface area contributed by atoms with Crippen LogP contribution in [0.15, 0.2) is 35.2 Å². The SMILES string of the molecule is CCN1CCCC(OC(=O)/C=C/c2ccc(S(=O)(=O)N3CCOCC3)cc2)C1. The Morgan fingerprint density at radius 1 is 1.21 bits per heavy atom. The molecule has 3 rings (SSSR count). The zero-order chi connectivity index (χ0) is 20.0. The van der Waals surface area contributed by atoms with Crippen molar-refractivity contribution in [1.82, 2.24) is 9.21 Å². The molecule has 0 saturated carbocycles. The van der Waals surface area contributed by atoms with Crippen LogP contribution >= 0.6 is 0 Å². The Kier molecular flexibility index (Phi) is 7.23. The molecule has 0 aliphatic carbocycles. The average molecular weight is 409 g/mol. The van der Waals surface area contributed by atoms with Crippen LogP contribution < -0.4 is 0 Å². The molecular formula is C20H28N2O5S. The van der Waals surface area contributed by atoms with E-state index in [9.17, 15) is 13.2 Å². The van der Waals surface area contributed by atoms with Crippen molar-refractivity contribution >= 4 is 22.1 Å². The molecule has 8 heteroatoms. The smallest absolute Gasteiger partial charge is 0.331 e. The summed E-state index contributed by atoms with van der Waals surface area (Å²) in [7, 11) is -3.50. The molecule has 2 saturated heterocycles. The van der Waals surface area contributed by atoms with Gasteiger partial charge < -0.3 is 9.47 Å². The van der Waals surface area contributed by atoms with Gasteiger partial charge in [-0.2, -0.15) is 4.31 Å². The van der Waals surface area contributed by atoms with Crippen LogP contribution in [0.4, 0.5) is 0 Å². The normalized spacial score (nSPS) is 22.4. The number of esters is 1. The van der Waals surface area contributed by atoms with E-state index in [1.54, 1.807) is 30.3 Å². The Balaban J connectivity index is 1.56. The van der Waals surface area contributed by atoms with E-state index < -0.39 is 10.0 Å². The molecule has 1 aromatic carbocycles. The van der Waals surface area contributed by atoms with Crippen molar-refractivity contribution in [2.45, 2.75) is 30.8 Å². The summed E-state index contributed by atoms with van der Waals surface area (Å²) >= 11 is 0. The Bertz CT molecular complexity index is 785. The van der Waals surface area contributed by atoms with Crippen LogP contribution in [0.1, 0.15) is 25.3 Å². The number of sulfonamides is 1. The maximum absolute atomic E-state index is 12.6. The summed E-state index contributed by atoms with van der Waals surface area (Å²) in [6.07, 6.45) is 4.91. The highest BCUT2D eigenvalue weighted by atomic mass is 32.2. The molecule has 1 aromatic rings. The Hall–Kier alpha value is -1.74. The number of likely N-dealkylation sites (tertiary alicyclic amines) is 1. The molecule has 0 amide bonds. The van der Waals surface area contributed by atoms with Gasteiger partial charge in [0.25, 0.3) is 0 Å². The van der Waals surface area contributed by atoms with Gasteiger partial charge in [0.05, 0.1) is 18.1 Å². The number of rotatable bonds is 6. The van der Waals surface area contributed by atoms with Gasteiger partial charge in [-0.3, -0.25) is 4.90 Å². The summed E-state index contributed by atoms with van der Waals surface area (Å²) in [5.41, 5.74) is 0.747. The lowest BCUT2D eigenvalue weighted by atomic mass is 10.1. The van der Waals surface area contributed by atoms with Gasteiger partial charge in [0.1, 0.15) is 6.10 Å². The third-order valence-electron chi connectivity index (χ3n) is 5.09. The third-order valence-corrected chi connectivity index (χ3v) is 7.00. The molecule has 1 atom stereocenters. The third kappa shape index (κ3) is 5.41. The van der Waals surface area contributed by atoms with E-state index in [2.05, 4.69) is 11.8 Å². The lowest BCUT2D eigenvalue weighted by molar-refractivity contribution is -0.145. The molecule has 2 heterocycles. The van der Waals surface area contributed by atoms with Crippen LogP contribution in [0.3, 0.4) is 0 Å². The number of nitrogens with zero attached hydrogens (tertiary/aromatic N) is 2. The molecule has 0 bridgehead atoms. The number of carbonyl (C=O) groups excluding carboxylic acids is 1. The van der Waals surface area contributed by atoms with Gasteiger partial charge >= 0.3 is 5.97 Å². The molecule has 0 aromatic heterocycles. The predicted octanol–water partition coefficient (Wildman–Crippen LogP) is 1.75. The molecule has 0 radical (unpaired) electrons. The Labute approximate surface area is 167 Å². The molecule has 0 N–H and O–H groups in total. The van der Waals surface area contributed by atoms with E-state index in [1.165, 1.54) is 10.4 Å². The summed E-state index contributed by atoms with van der Waals surface area (Å²) in [6.45, 7) is 6.47. The maximum atomic E-state index is 12.6. The first-order valence-corrected chi connectivity index (χ1v) is 11.2. The second-order valence-electron chi connectivity index (χ2n) is 7.01. The number of benzene rings is 1. The minimum Gasteiger partial charge on any atom is -0.458 e. The van der Waals surface area contributed by atoms with Crippen molar-refractivity contribution < 1.29 is 22.7 Å². The first kappa shape index (κ1) is 21.0. The largest absolute Gasteiger partial charge is 0.458 e. The summed E-state index contributed by atoms with van der Waals surface area (Å²) in [4.78, 5) is 14.6. The second-order valence-corrected chi connectivity index (χ2v) is 8.95. The van der Waals surface area contributed by atoms with Crippen molar-refractivity contribution in [3.05, 3.63) is 35.9 Å². The average Bonchev–Trinajstić information content (AvgIpc) is 2.73. The van der Waals surface area contributed by atoms with Crippen LogP contribution in [0.5, 0.6) is 0 Å². The maximum Gasteiger partial charge on any atom is 0.331 e. The van der Waals surface area contributed by atoms with Crippen molar-refractivity contribution in [2.24, 2.45) is 0 Å². The number of piperidine rings is 1. The highest BCUT2D eigenvalue weighted by Gasteiger charge is 2.26. The van der Waals surface area contributed by atoms with E-state index in [1.807, 2.05) is 0 Å². The van der Waals surface area contributed by atoms with E-state index >= 15 is 0 Å². The van der Waals surface area contributed by atoms with Crippen LogP contribution in [0.25, 0.3) is 6.08 Å². The zero-order valence-corrected chi connectivity index (χ0v) is 17.1. The Morgan fingerprint density at radius 2 is 1.93 bits per heavy atom. The van der Waals surface area contributed by atoms with Crippen molar-refractivity contribution in [2.75, 3.05) is 45.9 Å². The van der Waals surface area contributed by atoms with E-state index in [4.69, 9.17) is 9.47 Å². The van der Waals surface area contributed by atoms with Crippen LogP contribution in [-0.2, 0) is 24.3 Å². The van der Waals surface area contributed by atoms with Gasteiger partial charge in [0.15, 0.2) is 0 Å². The molecule has 1 unspecified atom stereocenters. The van der Waals surface area contributed by atoms with E-state index in [0.717, 1.165) is 38.0 Å². The highest BCUT2D eigenvalue weighted by molar-refractivity contribution is 7.89. The van der Waals surface area contributed by atoms with Gasteiger partial charge in [-0.15, -0.1) is 0 Å². The molecule has 0 spiro atoms. The summed E-state index contributed by atoms with van der Waals surface area (Å²) in [5, 5.41) is 0. The quantitative estimate of drug-likeness (QED) is 0.527. The van der Waals surface area contributed by atoms with Gasteiger partial charge in [0.2, 0.25) is 10.0 Å². The number of likely N-dealkylation sites (N-methyl/N-ethyl adjacent to an activating group) is 1. The molecule has 28 heavy (non-hydrogen) atoms. The van der Waals surface area contributed by atoms with Crippen molar-refractivity contribution in [3.8, 4) is 0 Å². The fourth-order valence-electron chi connectivity index (χ4n) is 3.45. The van der Waals surface area contributed by atoms with Crippen LogP contribution in [0.2, 0.25) is 0 Å². The van der Waals surface area contributed by atoms with Crippen molar-refractivity contribution in [1.29, 1.82) is 0 Å². The summed E-state index contributed by atoms with van der Waals surface area (Å²) in [5.74, 6) is -0.368. The molecule has 2 fully saturated rings. The number of ether oxygens (including phenoxy) is 2. The second kappa shape index (κ2) is 9.65. The van der Waals surface area contributed by atoms with Gasteiger partial charge in [-0.1, -0.05) is 19.1 Å². The van der Waals surface area contributed by atoms with E-state index in [0.29, 0.717) is 26.3 Å². The zero-order valence-electron chi connectivity index (χ0n) is 16.2. The number of hydrogen-bond acceptors (Lipinski definition) is 6. The highest BCUT2D eigenvalue weighted by Crippen LogP contribution is 2.18.